The summed E-state index contributed by atoms with van der Waals surface area (Å²) in [7, 11) is -3.03. The van der Waals surface area contributed by atoms with Gasteiger partial charge in [-0.05, 0) is 58.9 Å². The predicted molar refractivity (Wildman–Crippen MR) is 191 cm³/mol. The predicted octanol–water partition coefficient (Wildman–Crippen LogP) is 5.76. The highest BCUT2D eigenvalue weighted by Crippen LogP contribution is 2.45. The molecular formula is C38H41F2N3O7S2. The average molecular weight is 754 g/mol. The Balaban J connectivity index is 1.24. The lowest BCUT2D eigenvalue weighted by molar-refractivity contribution is -0.123. The Bertz CT molecular complexity index is 1910. The number of aliphatic hydroxyl groups excluding tert-OH is 1. The highest BCUT2D eigenvalue weighted by atomic mass is 32.2. The molecule has 0 spiro atoms. The molecule has 1 aromatic heterocycles. The Hall–Kier alpha value is -4.21. The van der Waals surface area contributed by atoms with Gasteiger partial charge in [-0.3, -0.25) is 4.79 Å². The number of halogens is 2. The van der Waals surface area contributed by atoms with E-state index in [0.29, 0.717) is 22.8 Å². The number of alkyl carbamates (subject to hydrolysis) is 1. The summed E-state index contributed by atoms with van der Waals surface area (Å²) in [6.07, 6.45) is -1.00. The highest BCUT2D eigenvalue weighted by Gasteiger charge is 2.48. The molecule has 6 rings (SSSR count). The maximum Gasteiger partial charge on any atom is 0.407 e. The van der Waals surface area contributed by atoms with E-state index in [1.54, 1.807) is 24.3 Å². The monoisotopic (exact) mass is 753 g/mol. The van der Waals surface area contributed by atoms with E-state index >= 15 is 0 Å². The average Bonchev–Trinajstić information content (AvgIpc) is 3.62. The van der Waals surface area contributed by atoms with Gasteiger partial charge in [0, 0.05) is 35.1 Å². The van der Waals surface area contributed by atoms with Crippen molar-refractivity contribution in [2.45, 2.75) is 61.2 Å². The van der Waals surface area contributed by atoms with Crippen LogP contribution in [0.15, 0.2) is 95.9 Å². The molecule has 1 saturated carbocycles. The summed E-state index contributed by atoms with van der Waals surface area (Å²) in [6.45, 7) is 0.0533. The van der Waals surface area contributed by atoms with Gasteiger partial charge >= 0.3 is 6.09 Å². The van der Waals surface area contributed by atoms with Crippen LogP contribution in [0.25, 0.3) is 0 Å². The second kappa shape index (κ2) is 16.2. The minimum atomic E-state index is -4.25. The van der Waals surface area contributed by atoms with Gasteiger partial charge in [-0.25, -0.2) is 22.0 Å². The molecule has 2 aliphatic rings. The fraction of sp³-hybridized carbons (Fsp3) is 0.368. The number of carbonyl (C=O) groups is 2. The zero-order valence-electron chi connectivity index (χ0n) is 28.5. The minimum absolute atomic E-state index is 0.000797. The minimum Gasteiger partial charge on any atom is -0.453 e. The first kappa shape index (κ1) is 37.5. The maximum absolute atomic E-state index is 14.2. The summed E-state index contributed by atoms with van der Waals surface area (Å²) in [6, 6.07) is 24.7. The van der Waals surface area contributed by atoms with Gasteiger partial charge in [0.25, 0.3) is 0 Å². The number of hydrogen-bond acceptors (Lipinski definition) is 8. The molecule has 2 amide bonds. The van der Waals surface area contributed by atoms with Crippen molar-refractivity contribution < 1.29 is 41.4 Å². The third-order valence-corrected chi connectivity index (χ3v) is 12.6. The first-order valence-corrected chi connectivity index (χ1v) is 19.3. The lowest BCUT2D eigenvalue weighted by atomic mass is 9.81. The zero-order valence-corrected chi connectivity index (χ0v) is 30.2. The van der Waals surface area contributed by atoms with Gasteiger partial charge in [0.1, 0.15) is 6.04 Å². The van der Waals surface area contributed by atoms with Crippen LogP contribution in [0.1, 0.15) is 56.8 Å². The van der Waals surface area contributed by atoms with Crippen LogP contribution in [0.3, 0.4) is 0 Å². The summed E-state index contributed by atoms with van der Waals surface area (Å²) in [5.74, 6) is -4.48. The number of nitrogens with one attached hydrogen (secondary N) is 2. The number of aliphatic hydroxyl groups is 1. The van der Waals surface area contributed by atoms with Gasteiger partial charge in [0.15, 0.2) is 0 Å². The number of carbonyl (C=O) groups excluding carboxylic acids is 2. The van der Waals surface area contributed by atoms with Crippen LogP contribution < -0.4 is 10.6 Å². The molecule has 276 valence electrons. The molecule has 1 unspecified atom stereocenters. The third kappa shape index (κ3) is 8.53. The largest absolute Gasteiger partial charge is 0.453 e. The Morgan fingerprint density at radius 1 is 1.00 bits per heavy atom. The van der Waals surface area contributed by atoms with Gasteiger partial charge in [0.05, 0.1) is 44.4 Å². The second-order valence-electron chi connectivity index (χ2n) is 13.1. The molecule has 2 heterocycles. The molecule has 1 fully saturated rings. The van der Waals surface area contributed by atoms with Crippen molar-refractivity contribution in [1.29, 1.82) is 0 Å². The topological polar surface area (TPSA) is 134 Å². The summed E-state index contributed by atoms with van der Waals surface area (Å²) in [4.78, 5) is 27.5. The van der Waals surface area contributed by atoms with Gasteiger partial charge in [-0.1, -0.05) is 66.7 Å². The quantitative estimate of drug-likeness (QED) is 0.149. The lowest BCUT2D eigenvalue weighted by Crippen LogP contribution is -2.50. The first-order chi connectivity index (χ1) is 25.0. The zero-order chi connectivity index (χ0) is 36.9. The van der Waals surface area contributed by atoms with Gasteiger partial charge < -0.3 is 25.2 Å². The number of benzene rings is 3. The number of methoxy groups -OCH3 is 1. The van der Waals surface area contributed by atoms with Crippen LogP contribution in [0.2, 0.25) is 0 Å². The fourth-order valence-corrected chi connectivity index (χ4v) is 9.71. The normalized spacial score (nSPS) is 16.8. The number of fused-ring (bicyclic) bond motifs is 1. The van der Waals surface area contributed by atoms with E-state index in [4.69, 9.17) is 9.47 Å². The number of sulfonamides is 1. The molecule has 3 aromatic carbocycles. The van der Waals surface area contributed by atoms with Crippen molar-refractivity contribution in [3.8, 4) is 0 Å². The van der Waals surface area contributed by atoms with Crippen LogP contribution >= 0.6 is 11.3 Å². The standard InChI is InChI=1S/C38H41F2N3O7S2/c1-49-37(46)42-35(34(27-8-4-2-5-9-27)28-10-6-3-7-11-28)36(45)41-21-30-13-15-33(51-30)32(23-44)43(22-25-19-38(39,40)20-25)52(47,48)31-14-12-26-16-17-50-24-29(26)18-31/h2-15,18,25,32,34-35,44H,16-17,19-24H2,1H3,(H,41,45)(H,42,46)/t32-,35?/m1/s1. The van der Waals surface area contributed by atoms with E-state index in [2.05, 4.69) is 10.6 Å². The van der Waals surface area contributed by atoms with Crippen molar-refractivity contribution in [3.05, 3.63) is 123 Å². The Kier molecular flexibility index (Phi) is 11.7. The molecule has 1 aliphatic carbocycles. The van der Waals surface area contributed by atoms with Crippen LogP contribution in [-0.2, 0) is 43.9 Å². The summed E-state index contributed by atoms with van der Waals surface area (Å²) < 4.78 is 67.8. The fourth-order valence-electron chi connectivity index (χ4n) is 6.86. The maximum atomic E-state index is 14.2. The molecular weight excluding hydrogens is 713 g/mol. The van der Waals surface area contributed by atoms with E-state index in [1.807, 2.05) is 60.7 Å². The van der Waals surface area contributed by atoms with E-state index in [9.17, 15) is 31.9 Å². The van der Waals surface area contributed by atoms with Crippen molar-refractivity contribution in [3.63, 3.8) is 0 Å². The molecule has 0 radical (unpaired) electrons. The third-order valence-electron chi connectivity index (χ3n) is 9.53. The molecule has 3 N–H and O–H groups in total. The summed E-state index contributed by atoms with van der Waals surface area (Å²) in [5.41, 5.74) is 3.33. The number of amides is 2. The Morgan fingerprint density at radius 2 is 1.67 bits per heavy atom. The van der Waals surface area contributed by atoms with Crippen LogP contribution in [0.4, 0.5) is 13.6 Å². The van der Waals surface area contributed by atoms with Crippen molar-refractivity contribution in [1.82, 2.24) is 14.9 Å². The highest BCUT2D eigenvalue weighted by molar-refractivity contribution is 7.89. The second-order valence-corrected chi connectivity index (χ2v) is 16.2. The van der Waals surface area contributed by atoms with Gasteiger partial charge in [-0.15, -0.1) is 11.3 Å². The number of rotatable bonds is 14. The van der Waals surface area contributed by atoms with Gasteiger partial charge in [-0.2, -0.15) is 4.31 Å². The van der Waals surface area contributed by atoms with Crippen molar-refractivity contribution in [2.24, 2.45) is 5.92 Å². The molecule has 1 aliphatic heterocycles. The number of nitrogens with zero attached hydrogens (tertiary/aromatic N) is 1. The molecule has 4 aromatic rings. The van der Waals surface area contributed by atoms with Crippen molar-refractivity contribution in [2.75, 3.05) is 26.9 Å². The SMILES string of the molecule is COC(=O)NC(C(=O)NCc1ccc([C@@H](CO)N(CC2CC(F)(F)C2)S(=O)(=O)c2ccc3c(c2)COCC3)s1)C(c1ccccc1)c1ccccc1. The molecule has 0 saturated heterocycles. The van der Waals surface area contributed by atoms with Crippen LogP contribution in [-0.4, -0.2) is 68.7 Å². The lowest BCUT2D eigenvalue weighted by Gasteiger charge is -2.39. The summed E-state index contributed by atoms with van der Waals surface area (Å²) in [5, 5.41) is 16.3. The first-order valence-electron chi connectivity index (χ1n) is 17.0. The number of alkyl halides is 2. The Morgan fingerprint density at radius 3 is 2.29 bits per heavy atom. The van der Waals surface area contributed by atoms with E-state index in [-0.39, 0.29) is 24.6 Å². The number of ether oxygens (including phenoxy) is 2. The van der Waals surface area contributed by atoms with E-state index < -0.39 is 71.3 Å². The smallest absolute Gasteiger partial charge is 0.407 e. The number of hydrogen-bond donors (Lipinski definition) is 3. The Labute approximate surface area is 305 Å². The van der Waals surface area contributed by atoms with Crippen LogP contribution in [0.5, 0.6) is 0 Å². The van der Waals surface area contributed by atoms with Gasteiger partial charge in [0.2, 0.25) is 21.9 Å². The summed E-state index contributed by atoms with van der Waals surface area (Å²) >= 11 is 1.19. The van der Waals surface area contributed by atoms with Crippen LogP contribution in [0, 0.1) is 5.92 Å². The molecule has 10 nitrogen and oxygen atoms in total. The van der Waals surface area contributed by atoms with E-state index in [0.717, 1.165) is 26.6 Å². The van der Waals surface area contributed by atoms with E-state index in [1.165, 1.54) is 24.5 Å². The molecule has 2 atom stereocenters. The van der Waals surface area contributed by atoms with Crippen molar-refractivity contribution >= 4 is 33.4 Å². The molecule has 0 bridgehead atoms. The number of thiophene rings is 1. The molecule has 14 heteroatoms. The molecule has 52 heavy (non-hydrogen) atoms.